The summed E-state index contributed by atoms with van der Waals surface area (Å²) in [5, 5.41) is 0. The fraction of sp³-hybridized carbons (Fsp3) is 0.375. The molecule has 0 radical (unpaired) electrons. The smallest absolute Gasteiger partial charge is 0.115 e. The minimum Gasteiger partial charge on any atom is -0.329 e. The Morgan fingerprint density at radius 2 is 1.74 bits per heavy atom. The Hall–Kier alpha value is -1.74. The molecule has 19 heavy (non-hydrogen) atoms. The van der Waals surface area contributed by atoms with E-state index in [4.69, 9.17) is 5.73 Å². The third-order valence-electron chi connectivity index (χ3n) is 3.97. The Morgan fingerprint density at radius 1 is 1.11 bits per heavy atom. The Kier molecular flexibility index (Phi) is 3.96. The summed E-state index contributed by atoms with van der Waals surface area (Å²) in [6.45, 7) is 9.20. The van der Waals surface area contributed by atoms with Gasteiger partial charge in [-0.3, -0.25) is 0 Å². The second-order valence-electron chi connectivity index (χ2n) is 5.10. The average molecular weight is 255 g/mol. The molecule has 3 heteroatoms. The highest BCUT2D eigenvalue weighted by Gasteiger charge is 2.20. The molecule has 2 N–H and O–H groups in total. The van der Waals surface area contributed by atoms with Crippen molar-refractivity contribution >= 4 is 0 Å². The molecule has 1 unspecified atom stereocenters. The fourth-order valence-corrected chi connectivity index (χ4v) is 2.66. The molecule has 1 aromatic heterocycles. The SMILES string of the molecule is Cc1cc(C)c(C)c(C(CN)c2ccncn2)c1C. The van der Waals surface area contributed by atoms with Crippen molar-refractivity contribution in [1.29, 1.82) is 0 Å². The van der Waals surface area contributed by atoms with Crippen molar-refractivity contribution < 1.29 is 0 Å². The van der Waals surface area contributed by atoms with Crippen LogP contribution in [0.25, 0.3) is 0 Å². The van der Waals surface area contributed by atoms with Gasteiger partial charge in [0.25, 0.3) is 0 Å². The van der Waals surface area contributed by atoms with Crippen LogP contribution in [0, 0.1) is 27.7 Å². The third-order valence-corrected chi connectivity index (χ3v) is 3.97. The summed E-state index contributed by atoms with van der Waals surface area (Å²) < 4.78 is 0. The van der Waals surface area contributed by atoms with Crippen LogP contribution in [0.5, 0.6) is 0 Å². The van der Waals surface area contributed by atoms with Gasteiger partial charge in [0, 0.05) is 18.7 Å². The molecule has 1 aromatic carbocycles. The molecule has 1 atom stereocenters. The third kappa shape index (κ3) is 2.51. The van der Waals surface area contributed by atoms with Crippen LogP contribution in [0.3, 0.4) is 0 Å². The van der Waals surface area contributed by atoms with E-state index < -0.39 is 0 Å². The fourth-order valence-electron chi connectivity index (χ4n) is 2.66. The maximum Gasteiger partial charge on any atom is 0.115 e. The lowest BCUT2D eigenvalue weighted by Crippen LogP contribution is -2.18. The highest BCUT2D eigenvalue weighted by atomic mass is 14.8. The quantitative estimate of drug-likeness (QED) is 0.917. The first-order chi connectivity index (χ1) is 9.06. The standard InChI is InChI=1S/C16H21N3/c1-10-7-11(2)13(4)16(12(10)3)14(8-17)15-5-6-18-9-19-15/h5-7,9,14H,8,17H2,1-4H3. The van der Waals surface area contributed by atoms with Crippen LogP contribution < -0.4 is 5.73 Å². The largest absolute Gasteiger partial charge is 0.329 e. The van der Waals surface area contributed by atoms with Crippen molar-refractivity contribution in [3.05, 3.63) is 58.2 Å². The highest BCUT2D eigenvalue weighted by Crippen LogP contribution is 2.31. The number of nitrogens with two attached hydrogens (primary N) is 1. The van der Waals surface area contributed by atoms with E-state index in [1.54, 1.807) is 12.5 Å². The topological polar surface area (TPSA) is 51.8 Å². The summed E-state index contributed by atoms with van der Waals surface area (Å²) in [6.07, 6.45) is 3.36. The number of rotatable bonds is 3. The lowest BCUT2D eigenvalue weighted by molar-refractivity contribution is 0.767. The summed E-state index contributed by atoms with van der Waals surface area (Å²) in [6, 6.07) is 4.19. The van der Waals surface area contributed by atoms with Gasteiger partial charge in [-0.1, -0.05) is 6.07 Å². The molecule has 0 aliphatic heterocycles. The number of hydrogen-bond acceptors (Lipinski definition) is 3. The molecule has 3 nitrogen and oxygen atoms in total. The Bertz CT molecular complexity index is 550. The van der Waals surface area contributed by atoms with Crippen molar-refractivity contribution in [2.75, 3.05) is 6.54 Å². The predicted octanol–water partition coefficient (Wildman–Crippen LogP) is 2.80. The van der Waals surface area contributed by atoms with Gasteiger partial charge in [-0.2, -0.15) is 0 Å². The molecule has 100 valence electrons. The van der Waals surface area contributed by atoms with E-state index in [0.29, 0.717) is 6.54 Å². The molecule has 2 rings (SSSR count). The van der Waals surface area contributed by atoms with Crippen LogP contribution in [0.4, 0.5) is 0 Å². The van der Waals surface area contributed by atoms with Gasteiger partial charge in [-0.05, 0) is 61.6 Å². The van der Waals surface area contributed by atoms with Gasteiger partial charge in [-0.25, -0.2) is 9.97 Å². The first-order valence-electron chi connectivity index (χ1n) is 6.59. The molecule has 0 aliphatic carbocycles. The molecule has 0 amide bonds. The van der Waals surface area contributed by atoms with Crippen LogP contribution >= 0.6 is 0 Å². The Balaban J connectivity index is 2.62. The molecule has 0 saturated carbocycles. The lowest BCUT2D eigenvalue weighted by atomic mass is 9.84. The number of aryl methyl sites for hydroxylation is 2. The molecule has 2 aromatic rings. The maximum absolute atomic E-state index is 6.01. The lowest BCUT2D eigenvalue weighted by Gasteiger charge is -2.22. The second kappa shape index (κ2) is 5.49. The van der Waals surface area contributed by atoms with E-state index in [9.17, 15) is 0 Å². The van der Waals surface area contributed by atoms with E-state index in [0.717, 1.165) is 5.69 Å². The van der Waals surface area contributed by atoms with Gasteiger partial charge in [0.2, 0.25) is 0 Å². The van der Waals surface area contributed by atoms with E-state index in [1.165, 1.54) is 27.8 Å². The molecular formula is C16H21N3. The molecule has 1 heterocycles. The van der Waals surface area contributed by atoms with Gasteiger partial charge in [-0.15, -0.1) is 0 Å². The minimum absolute atomic E-state index is 0.140. The molecule has 0 bridgehead atoms. The highest BCUT2D eigenvalue weighted by molar-refractivity contribution is 5.48. The van der Waals surface area contributed by atoms with Crippen LogP contribution in [0.2, 0.25) is 0 Å². The van der Waals surface area contributed by atoms with Crippen LogP contribution in [0.1, 0.15) is 39.4 Å². The van der Waals surface area contributed by atoms with Crippen molar-refractivity contribution in [3.63, 3.8) is 0 Å². The van der Waals surface area contributed by atoms with E-state index >= 15 is 0 Å². The van der Waals surface area contributed by atoms with E-state index in [-0.39, 0.29) is 5.92 Å². The minimum atomic E-state index is 0.140. The van der Waals surface area contributed by atoms with E-state index in [2.05, 4.69) is 43.7 Å². The molecule has 0 fully saturated rings. The van der Waals surface area contributed by atoms with Crippen molar-refractivity contribution in [2.45, 2.75) is 33.6 Å². The summed E-state index contributed by atoms with van der Waals surface area (Å²) in [7, 11) is 0. The normalized spacial score (nSPS) is 12.5. The summed E-state index contributed by atoms with van der Waals surface area (Å²) in [5.74, 6) is 0.140. The first-order valence-corrected chi connectivity index (χ1v) is 6.59. The Labute approximate surface area is 114 Å². The number of benzene rings is 1. The molecular weight excluding hydrogens is 234 g/mol. The van der Waals surface area contributed by atoms with Gasteiger partial charge >= 0.3 is 0 Å². The van der Waals surface area contributed by atoms with Gasteiger partial charge in [0.1, 0.15) is 6.33 Å². The molecule has 0 spiro atoms. The monoisotopic (exact) mass is 255 g/mol. The van der Waals surface area contributed by atoms with Crippen LogP contribution in [0.15, 0.2) is 24.7 Å². The first kappa shape index (κ1) is 13.7. The maximum atomic E-state index is 6.01. The van der Waals surface area contributed by atoms with Crippen molar-refractivity contribution in [2.24, 2.45) is 5.73 Å². The summed E-state index contributed by atoms with van der Waals surface area (Å²) >= 11 is 0. The molecule has 0 saturated heterocycles. The summed E-state index contributed by atoms with van der Waals surface area (Å²) in [5.41, 5.74) is 13.6. The van der Waals surface area contributed by atoms with Crippen molar-refractivity contribution in [1.82, 2.24) is 9.97 Å². The number of hydrogen-bond donors (Lipinski definition) is 1. The zero-order chi connectivity index (χ0) is 14.0. The van der Waals surface area contributed by atoms with Crippen LogP contribution in [-0.4, -0.2) is 16.5 Å². The van der Waals surface area contributed by atoms with Gasteiger partial charge in [0.05, 0.1) is 5.69 Å². The summed E-state index contributed by atoms with van der Waals surface area (Å²) in [4.78, 5) is 8.36. The average Bonchev–Trinajstić information content (AvgIpc) is 2.42. The molecule has 0 aliphatic rings. The van der Waals surface area contributed by atoms with Crippen LogP contribution in [-0.2, 0) is 0 Å². The zero-order valence-corrected chi connectivity index (χ0v) is 12.1. The Morgan fingerprint density at radius 3 is 2.21 bits per heavy atom. The number of aromatic nitrogens is 2. The van der Waals surface area contributed by atoms with E-state index in [1.807, 2.05) is 6.07 Å². The van der Waals surface area contributed by atoms with Gasteiger partial charge < -0.3 is 5.73 Å². The zero-order valence-electron chi connectivity index (χ0n) is 12.1. The second-order valence-corrected chi connectivity index (χ2v) is 5.10. The number of nitrogens with zero attached hydrogens (tertiary/aromatic N) is 2. The van der Waals surface area contributed by atoms with Crippen molar-refractivity contribution in [3.8, 4) is 0 Å². The predicted molar refractivity (Wildman–Crippen MR) is 78.3 cm³/mol. The van der Waals surface area contributed by atoms with Gasteiger partial charge in [0.15, 0.2) is 0 Å².